The summed E-state index contributed by atoms with van der Waals surface area (Å²) < 4.78 is 8.12. The van der Waals surface area contributed by atoms with Gasteiger partial charge in [-0.2, -0.15) is 0 Å². The van der Waals surface area contributed by atoms with Gasteiger partial charge in [-0.25, -0.2) is 9.97 Å². The second kappa shape index (κ2) is 7.06. The molecule has 0 amide bonds. The van der Waals surface area contributed by atoms with E-state index in [4.69, 9.17) is 9.72 Å². The summed E-state index contributed by atoms with van der Waals surface area (Å²) in [6.07, 6.45) is 3.47. The molecule has 0 saturated heterocycles. The number of benzene rings is 2. The van der Waals surface area contributed by atoms with Crippen LogP contribution in [0.4, 0.5) is 0 Å². The maximum atomic E-state index is 10.3. The van der Waals surface area contributed by atoms with E-state index in [1.807, 2.05) is 55.5 Å². The van der Waals surface area contributed by atoms with Gasteiger partial charge in [-0.1, -0.05) is 24.3 Å². The van der Waals surface area contributed by atoms with E-state index in [1.165, 1.54) is 0 Å². The number of phenols is 1. The zero-order chi connectivity index (χ0) is 21.7. The third kappa shape index (κ3) is 2.93. The summed E-state index contributed by atoms with van der Waals surface area (Å²) in [5.74, 6) is 1.88. The van der Waals surface area contributed by atoms with Crippen LogP contribution in [0.3, 0.4) is 0 Å². The SMILES string of the molecule is Cc1cc(O)c2nc(Oc3cnc4c5ccccc5n(-c5ccccn5)c4c3)ccc2c1. The lowest BCUT2D eigenvalue weighted by molar-refractivity contribution is 0.458. The molecule has 0 fully saturated rings. The number of aryl methyl sites for hydroxylation is 1. The van der Waals surface area contributed by atoms with Gasteiger partial charge in [0.25, 0.3) is 0 Å². The first-order valence-electron chi connectivity index (χ1n) is 10.3. The quantitative estimate of drug-likeness (QED) is 0.386. The molecule has 6 rings (SSSR count). The molecule has 0 aliphatic heterocycles. The van der Waals surface area contributed by atoms with Crippen molar-refractivity contribution < 1.29 is 9.84 Å². The van der Waals surface area contributed by atoms with Crippen LogP contribution >= 0.6 is 0 Å². The molecule has 0 aliphatic carbocycles. The molecule has 2 aromatic carbocycles. The van der Waals surface area contributed by atoms with Crippen molar-refractivity contribution in [1.82, 2.24) is 19.5 Å². The van der Waals surface area contributed by atoms with Crippen molar-refractivity contribution in [2.24, 2.45) is 0 Å². The summed E-state index contributed by atoms with van der Waals surface area (Å²) in [6, 6.07) is 23.2. The van der Waals surface area contributed by atoms with Gasteiger partial charge in [0.05, 0.1) is 22.7 Å². The standard InChI is InChI=1S/C26H18N4O2/c1-16-12-17-9-10-24(29-25(17)22(31)13-16)32-18-14-21-26(28-15-18)19-6-2-3-7-20(19)30(21)23-8-4-5-11-27-23/h2-15,31H,1H3. The lowest BCUT2D eigenvalue weighted by Gasteiger charge is -2.09. The van der Waals surface area contributed by atoms with E-state index in [2.05, 4.69) is 26.7 Å². The van der Waals surface area contributed by atoms with Crippen LogP contribution < -0.4 is 4.74 Å². The molecule has 0 radical (unpaired) electrons. The second-order valence-electron chi connectivity index (χ2n) is 7.69. The fraction of sp³-hybridized carbons (Fsp3) is 0.0385. The Bertz CT molecular complexity index is 1620. The van der Waals surface area contributed by atoms with Gasteiger partial charge < -0.3 is 9.84 Å². The first kappa shape index (κ1) is 18.3. The number of hydrogen-bond acceptors (Lipinski definition) is 5. The summed E-state index contributed by atoms with van der Waals surface area (Å²) in [5.41, 5.74) is 4.27. The summed E-state index contributed by atoms with van der Waals surface area (Å²) in [4.78, 5) is 13.7. The molecule has 0 atom stereocenters. The number of pyridine rings is 3. The molecule has 0 unspecified atom stereocenters. The lowest BCUT2D eigenvalue weighted by atomic mass is 10.1. The predicted molar refractivity (Wildman–Crippen MR) is 125 cm³/mol. The number of nitrogens with zero attached hydrogens (tertiary/aromatic N) is 4. The lowest BCUT2D eigenvalue weighted by Crippen LogP contribution is -1.97. The number of fused-ring (bicyclic) bond motifs is 4. The minimum absolute atomic E-state index is 0.134. The van der Waals surface area contributed by atoms with Gasteiger partial charge in [-0.15, -0.1) is 0 Å². The van der Waals surface area contributed by atoms with E-state index in [1.54, 1.807) is 24.5 Å². The van der Waals surface area contributed by atoms with Crippen LogP contribution in [-0.2, 0) is 0 Å². The number of aromatic nitrogens is 4. The molecule has 4 aromatic heterocycles. The van der Waals surface area contributed by atoms with Crippen LogP contribution in [0, 0.1) is 6.92 Å². The molecule has 0 spiro atoms. The summed E-state index contributed by atoms with van der Waals surface area (Å²) in [7, 11) is 0. The number of aromatic hydroxyl groups is 1. The first-order valence-corrected chi connectivity index (χ1v) is 10.3. The molecule has 6 nitrogen and oxygen atoms in total. The number of ether oxygens (including phenoxy) is 1. The maximum Gasteiger partial charge on any atom is 0.220 e. The van der Waals surface area contributed by atoms with Crippen molar-refractivity contribution >= 4 is 32.8 Å². The molecular weight excluding hydrogens is 400 g/mol. The number of rotatable bonds is 3. The molecule has 6 heteroatoms. The highest BCUT2D eigenvalue weighted by Crippen LogP contribution is 2.33. The molecule has 154 valence electrons. The van der Waals surface area contributed by atoms with Gasteiger partial charge in [-0.05, 0) is 48.9 Å². The van der Waals surface area contributed by atoms with E-state index in [0.29, 0.717) is 17.1 Å². The van der Waals surface area contributed by atoms with Crippen LogP contribution in [0.2, 0.25) is 0 Å². The molecule has 32 heavy (non-hydrogen) atoms. The Labute approximate surface area is 183 Å². The summed E-state index contributed by atoms with van der Waals surface area (Å²) >= 11 is 0. The molecule has 6 aromatic rings. The average molecular weight is 418 g/mol. The molecule has 0 saturated carbocycles. The third-order valence-electron chi connectivity index (χ3n) is 5.48. The van der Waals surface area contributed by atoms with Crippen LogP contribution in [0.15, 0.2) is 85.2 Å². The zero-order valence-corrected chi connectivity index (χ0v) is 17.2. The van der Waals surface area contributed by atoms with E-state index in [9.17, 15) is 5.11 Å². The minimum atomic E-state index is 0.134. The van der Waals surface area contributed by atoms with E-state index in [0.717, 1.165) is 38.7 Å². The Hall–Kier alpha value is -4.45. The van der Waals surface area contributed by atoms with Crippen LogP contribution in [-0.4, -0.2) is 24.6 Å². The predicted octanol–water partition coefficient (Wildman–Crippen LogP) is 5.93. The largest absolute Gasteiger partial charge is 0.506 e. The fourth-order valence-corrected chi connectivity index (χ4v) is 4.12. The molecular formula is C26H18N4O2. The highest BCUT2D eigenvalue weighted by Gasteiger charge is 2.15. The van der Waals surface area contributed by atoms with Gasteiger partial charge >= 0.3 is 0 Å². The Morgan fingerprint density at radius 3 is 2.59 bits per heavy atom. The Morgan fingerprint density at radius 1 is 0.844 bits per heavy atom. The third-order valence-corrected chi connectivity index (χ3v) is 5.48. The summed E-state index contributed by atoms with van der Waals surface area (Å²) in [5, 5.41) is 12.2. The van der Waals surface area contributed by atoms with Gasteiger partial charge in [0.1, 0.15) is 22.8 Å². The van der Waals surface area contributed by atoms with Crippen LogP contribution in [0.25, 0.3) is 38.7 Å². The number of para-hydroxylation sites is 1. The van der Waals surface area contributed by atoms with Crippen molar-refractivity contribution in [2.45, 2.75) is 6.92 Å². The van der Waals surface area contributed by atoms with Gasteiger partial charge in [0.2, 0.25) is 5.88 Å². The van der Waals surface area contributed by atoms with Crippen molar-refractivity contribution in [3.8, 4) is 23.2 Å². The van der Waals surface area contributed by atoms with Crippen LogP contribution in [0.5, 0.6) is 17.4 Å². The van der Waals surface area contributed by atoms with Crippen molar-refractivity contribution in [2.75, 3.05) is 0 Å². The highest BCUT2D eigenvalue weighted by molar-refractivity contribution is 6.07. The molecule has 1 N–H and O–H groups in total. The monoisotopic (exact) mass is 418 g/mol. The second-order valence-corrected chi connectivity index (χ2v) is 7.69. The molecule has 0 aliphatic rings. The van der Waals surface area contributed by atoms with Crippen LogP contribution in [0.1, 0.15) is 5.56 Å². The topological polar surface area (TPSA) is 73.1 Å². The molecule has 0 bridgehead atoms. The van der Waals surface area contributed by atoms with Gasteiger partial charge in [-0.3, -0.25) is 9.55 Å². The fourth-order valence-electron chi connectivity index (χ4n) is 4.12. The Kier molecular flexibility index (Phi) is 4.04. The Balaban J connectivity index is 1.50. The normalized spacial score (nSPS) is 11.4. The smallest absolute Gasteiger partial charge is 0.220 e. The Morgan fingerprint density at radius 2 is 1.72 bits per heavy atom. The van der Waals surface area contributed by atoms with E-state index < -0.39 is 0 Å². The highest BCUT2D eigenvalue weighted by atomic mass is 16.5. The van der Waals surface area contributed by atoms with Crippen molar-refractivity contribution in [3.63, 3.8) is 0 Å². The van der Waals surface area contributed by atoms with Crippen molar-refractivity contribution in [3.05, 3.63) is 90.8 Å². The van der Waals surface area contributed by atoms with E-state index >= 15 is 0 Å². The van der Waals surface area contributed by atoms with Gasteiger partial charge in [0.15, 0.2) is 0 Å². The van der Waals surface area contributed by atoms with Crippen molar-refractivity contribution in [1.29, 1.82) is 0 Å². The number of hydrogen-bond donors (Lipinski definition) is 1. The zero-order valence-electron chi connectivity index (χ0n) is 17.2. The van der Waals surface area contributed by atoms with Gasteiger partial charge in [0, 0.05) is 29.1 Å². The van der Waals surface area contributed by atoms with E-state index in [-0.39, 0.29) is 5.75 Å². The molecule has 4 heterocycles. The summed E-state index contributed by atoms with van der Waals surface area (Å²) in [6.45, 7) is 1.94. The maximum absolute atomic E-state index is 10.3. The minimum Gasteiger partial charge on any atom is -0.506 e. The number of phenolic OH excluding ortho intramolecular Hbond substituents is 1. The average Bonchev–Trinajstić information content (AvgIpc) is 3.13. The first-order chi connectivity index (χ1) is 15.7.